The second-order valence-corrected chi connectivity index (χ2v) is 2.94. The maximum absolute atomic E-state index is 5.52. The molecule has 1 rings (SSSR count). The van der Waals surface area contributed by atoms with Crippen LogP contribution < -0.4 is 4.74 Å². The molecular formula is C12H14O. The molecule has 0 aliphatic rings. The highest BCUT2D eigenvalue weighted by molar-refractivity contribution is 5.49. The molecule has 0 amide bonds. The Morgan fingerprint density at radius 2 is 2.23 bits per heavy atom. The Kier molecular flexibility index (Phi) is 3.40. The predicted octanol–water partition coefficient (Wildman–Crippen LogP) is 2.77. The summed E-state index contributed by atoms with van der Waals surface area (Å²) < 4.78 is 5.52. The van der Waals surface area contributed by atoms with Crippen LogP contribution in [0.5, 0.6) is 5.75 Å². The van der Waals surface area contributed by atoms with E-state index in [2.05, 4.69) is 12.8 Å². The van der Waals surface area contributed by atoms with Gasteiger partial charge in [0.25, 0.3) is 0 Å². The summed E-state index contributed by atoms with van der Waals surface area (Å²) >= 11 is 0. The van der Waals surface area contributed by atoms with Crippen LogP contribution in [-0.2, 0) is 0 Å². The van der Waals surface area contributed by atoms with Gasteiger partial charge in [-0.2, -0.15) is 0 Å². The molecule has 0 N–H and O–H groups in total. The van der Waals surface area contributed by atoms with E-state index in [4.69, 9.17) is 11.2 Å². The van der Waals surface area contributed by atoms with Crippen LogP contribution in [-0.4, -0.2) is 6.61 Å². The minimum Gasteiger partial charge on any atom is -0.492 e. The molecule has 1 heteroatoms. The van der Waals surface area contributed by atoms with Crippen LogP contribution in [0.2, 0.25) is 0 Å². The average Bonchev–Trinajstić information content (AvgIpc) is 2.15. The number of ether oxygens (including phenoxy) is 1. The molecule has 0 saturated heterocycles. The summed E-state index contributed by atoms with van der Waals surface area (Å²) in [6, 6.07) is 5.87. The maximum atomic E-state index is 5.52. The number of aryl methyl sites for hydroxylation is 1. The molecule has 0 radical (unpaired) electrons. The largest absolute Gasteiger partial charge is 0.492 e. The lowest BCUT2D eigenvalue weighted by Gasteiger charge is -2.08. The van der Waals surface area contributed by atoms with Gasteiger partial charge in [0.1, 0.15) is 5.75 Å². The highest BCUT2D eigenvalue weighted by Gasteiger charge is 2.02. The van der Waals surface area contributed by atoms with Crippen molar-refractivity contribution in [3.05, 3.63) is 29.3 Å². The molecule has 0 aliphatic heterocycles. The Balaban J connectivity index is 2.93. The highest BCUT2D eigenvalue weighted by Crippen LogP contribution is 2.20. The van der Waals surface area contributed by atoms with Crippen LogP contribution in [0, 0.1) is 19.3 Å². The molecule has 0 atom stereocenters. The van der Waals surface area contributed by atoms with Gasteiger partial charge in [0.05, 0.1) is 12.2 Å². The van der Waals surface area contributed by atoms with Crippen molar-refractivity contribution in [1.29, 1.82) is 0 Å². The molecule has 0 heterocycles. The van der Waals surface area contributed by atoms with Crippen molar-refractivity contribution in [2.75, 3.05) is 6.61 Å². The van der Waals surface area contributed by atoms with Gasteiger partial charge in [0.15, 0.2) is 0 Å². The molecule has 0 aromatic heterocycles. The van der Waals surface area contributed by atoms with Gasteiger partial charge in [0, 0.05) is 0 Å². The van der Waals surface area contributed by atoms with Crippen molar-refractivity contribution in [3.8, 4) is 18.1 Å². The number of hydrogen-bond acceptors (Lipinski definition) is 1. The topological polar surface area (TPSA) is 9.23 Å². The Hall–Kier alpha value is -1.42. The zero-order valence-electron chi connectivity index (χ0n) is 8.13. The molecule has 1 aromatic rings. The van der Waals surface area contributed by atoms with Gasteiger partial charge in [0.2, 0.25) is 0 Å². The molecule has 0 bridgehead atoms. The van der Waals surface area contributed by atoms with Gasteiger partial charge in [-0.15, -0.1) is 6.42 Å². The average molecular weight is 174 g/mol. The Morgan fingerprint density at radius 1 is 1.46 bits per heavy atom. The van der Waals surface area contributed by atoms with Crippen LogP contribution >= 0.6 is 0 Å². The van der Waals surface area contributed by atoms with E-state index in [-0.39, 0.29) is 0 Å². The lowest BCUT2D eigenvalue weighted by atomic mass is 10.1. The van der Waals surface area contributed by atoms with E-state index in [1.165, 1.54) is 0 Å². The molecular weight excluding hydrogens is 160 g/mol. The van der Waals surface area contributed by atoms with E-state index in [1.54, 1.807) is 0 Å². The van der Waals surface area contributed by atoms with E-state index in [0.717, 1.165) is 29.9 Å². The molecule has 0 saturated carbocycles. The highest BCUT2D eigenvalue weighted by atomic mass is 16.5. The Bertz CT molecular complexity index is 320. The monoisotopic (exact) mass is 174 g/mol. The smallest absolute Gasteiger partial charge is 0.135 e. The van der Waals surface area contributed by atoms with Crippen molar-refractivity contribution in [2.45, 2.75) is 20.3 Å². The minimum absolute atomic E-state index is 0.720. The molecule has 1 nitrogen and oxygen atoms in total. The van der Waals surface area contributed by atoms with Crippen molar-refractivity contribution in [2.24, 2.45) is 0 Å². The van der Waals surface area contributed by atoms with E-state index in [1.807, 2.05) is 25.1 Å². The fourth-order valence-electron chi connectivity index (χ4n) is 1.16. The summed E-state index contributed by atoms with van der Waals surface area (Å²) in [5, 5.41) is 0. The molecule has 13 heavy (non-hydrogen) atoms. The Morgan fingerprint density at radius 3 is 2.85 bits per heavy atom. The summed E-state index contributed by atoms with van der Waals surface area (Å²) in [5.74, 6) is 3.47. The molecule has 68 valence electrons. The second-order valence-electron chi connectivity index (χ2n) is 2.94. The fourth-order valence-corrected chi connectivity index (χ4v) is 1.16. The lowest BCUT2D eigenvalue weighted by Crippen LogP contribution is -1.98. The molecule has 0 fully saturated rings. The number of hydrogen-bond donors (Lipinski definition) is 0. The first-order valence-corrected chi connectivity index (χ1v) is 4.48. The predicted molar refractivity (Wildman–Crippen MR) is 54.9 cm³/mol. The number of terminal acetylenes is 1. The second kappa shape index (κ2) is 4.57. The summed E-state index contributed by atoms with van der Waals surface area (Å²) in [6.45, 7) is 4.79. The van der Waals surface area contributed by atoms with Crippen LogP contribution in [0.3, 0.4) is 0 Å². The van der Waals surface area contributed by atoms with Gasteiger partial charge in [-0.1, -0.05) is 25.0 Å². The first kappa shape index (κ1) is 9.67. The quantitative estimate of drug-likeness (QED) is 0.640. The normalized spacial score (nSPS) is 9.31. The zero-order valence-corrected chi connectivity index (χ0v) is 8.13. The standard InChI is InChI=1S/C12H14O/c1-4-9-13-12-8-6-7-10(3)11(12)5-2/h2,6-8H,4,9H2,1,3H3. The first-order valence-electron chi connectivity index (χ1n) is 4.48. The molecule has 0 spiro atoms. The van der Waals surface area contributed by atoms with Crippen molar-refractivity contribution >= 4 is 0 Å². The number of rotatable bonds is 3. The van der Waals surface area contributed by atoms with Gasteiger partial charge >= 0.3 is 0 Å². The zero-order chi connectivity index (χ0) is 9.68. The van der Waals surface area contributed by atoms with Crippen LogP contribution in [0.15, 0.2) is 18.2 Å². The van der Waals surface area contributed by atoms with Crippen LogP contribution in [0.25, 0.3) is 0 Å². The summed E-state index contributed by atoms with van der Waals surface area (Å²) in [4.78, 5) is 0. The van der Waals surface area contributed by atoms with E-state index in [9.17, 15) is 0 Å². The third-order valence-corrected chi connectivity index (χ3v) is 1.84. The van der Waals surface area contributed by atoms with E-state index < -0.39 is 0 Å². The van der Waals surface area contributed by atoms with Gasteiger partial charge in [-0.05, 0) is 25.0 Å². The van der Waals surface area contributed by atoms with Gasteiger partial charge < -0.3 is 4.74 Å². The van der Waals surface area contributed by atoms with Crippen molar-refractivity contribution in [1.82, 2.24) is 0 Å². The fraction of sp³-hybridized carbons (Fsp3) is 0.333. The van der Waals surface area contributed by atoms with Crippen LogP contribution in [0.4, 0.5) is 0 Å². The Labute approximate surface area is 79.7 Å². The van der Waals surface area contributed by atoms with Gasteiger partial charge in [-0.25, -0.2) is 0 Å². The minimum atomic E-state index is 0.720. The SMILES string of the molecule is C#Cc1c(C)cccc1OCCC. The number of benzene rings is 1. The summed E-state index contributed by atoms with van der Waals surface area (Å²) in [6.07, 6.45) is 6.39. The van der Waals surface area contributed by atoms with Gasteiger partial charge in [-0.3, -0.25) is 0 Å². The van der Waals surface area contributed by atoms with Crippen molar-refractivity contribution in [3.63, 3.8) is 0 Å². The first-order chi connectivity index (χ1) is 6.29. The van der Waals surface area contributed by atoms with E-state index >= 15 is 0 Å². The van der Waals surface area contributed by atoms with Crippen molar-refractivity contribution < 1.29 is 4.74 Å². The molecule has 0 aliphatic carbocycles. The summed E-state index contributed by atoms with van der Waals surface area (Å²) in [5.41, 5.74) is 1.96. The molecule has 1 aromatic carbocycles. The third kappa shape index (κ3) is 2.26. The maximum Gasteiger partial charge on any atom is 0.135 e. The molecule has 0 unspecified atom stereocenters. The lowest BCUT2D eigenvalue weighted by molar-refractivity contribution is 0.316. The third-order valence-electron chi connectivity index (χ3n) is 1.84. The summed E-state index contributed by atoms with van der Waals surface area (Å²) in [7, 11) is 0. The van der Waals surface area contributed by atoms with Crippen LogP contribution in [0.1, 0.15) is 24.5 Å². The van der Waals surface area contributed by atoms with E-state index in [0.29, 0.717) is 0 Å².